The third-order valence-electron chi connectivity index (χ3n) is 5.30. The summed E-state index contributed by atoms with van der Waals surface area (Å²) in [6.07, 6.45) is 6.87. The lowest BCUT2D eigenvalue weighted by atomic mass is 9.96. The number of nitriles is 1. The van der Waals surface area contributed by atoms with Crippen LogP contribution in [0.1, 0.15) is 84.9 Å². The van der Waals surface area contributed by atoms with Crippen LogP contribution < -0.4 is 10.6 Å². The van der Waals surface area contributed by atoms with Gasteiger partial charge < -0.3 is 20.3 Å². The molecule has 0 radical (unpaired) electrons. The molecular formula is C28H40N4O4. The van der Waals surface area contributed by atoms with Gasteiger partial charge in [-0.3, -0.25) is 9.59 Å². The topological polar surface area (TPSA) is 112 Å². The molecule has 0 aromatic heterocycles. The number of benzene rings is 1. The number of nitrogens with zero attached hydrogens (tertiary/aromatic N) is 2. The minimum atomic E-state index is -1.15. The normalized spacial score (nSPS) is 13.5. The number of carbonyl (C=O) groups excluding carboxylic acids is 3. The average Bonchev–Trinajstić information content (AvgIpc) is 2.76. The largest absolute Gasteiger partial charge is 0.444 e. The lowest BCUT2D eigenvalue weighted by Crippen LogP contribution is -2.54. The molecule has 36 heavy (non-hydrogen) atoms. The number of terminal acetylenes is 1. The van der Waals surface area contributed by atoms with Crippen LogP contribution in [0.15, 0.2) is 24.3 Å². The van der Waals surface area contributed by atoms with E-state index >= 15 is 0 Å². The van der Waals surface area contributed by atoms with Crippen molar-refractivity contribution < 1.29 is 19.1 Å². The molecule has 3 amide bonds. The maximum absolute atomic E-state index is 13.9. The Bertz CT molecular complexity index is 984. The molecule has 8 nitrogen and oxygen atoms in total. The first kappa shape index (κ1) is 30.5. The van der Waals surface area contributed by atoms with Crippen LogP contribution >= 0.6 is 0 Å². The number of carbonyl (C=O) groups is 3. The van der Waals surface area contributed by atoms with E-state index in [1.165, 1.54) is 4.90 Å². The van der Waals surface area contributed by atoms with E-state index in [0.717, 1.165) is 12.8 Å². The van der Waals surface area contributed by atoms with Crippen molar-refractivity contribution in [3.63, 3.8) is 0 Å². The van der Waals surface area contributed by atoms with Gasteiger partial charge in [-0.05, 0) is 58.1 Å². The molecule has 0 aliphatic heterocycles. The van der Waals surface area contributed by atoms with Gasteiger partial charge in [0, 0.05) is 11.6 Å². The second-order valence-electron chi connectivity index (χ2n) is 10.3. The smallest absolute Gasteiger partial charge is 0.408 e. The van der Waals surface area contributed by atoms with Gasteiger partial charge >= 0.3 is 6.09 Å². The summed E-state index contributed by atoms with van der Waals surface area (Å²) < 4.78 is 5.36. The molecule has 196 valence electrons. The predicted octanol–water partition coefficient (Wildman–Crippen LogP) is 4.31. The summed E-state index contributed by atoms with van der Waals surface area (Å²) in [5.74, 6) is 1.60. The average molecular weight is 497 g/mol. The van der Waals surface area contributed by atoms with Crippen molar-refractivity contribution in [3.05, 3.63) is 35.4 Å². The highest BCUT2D eigenvalue weighted by Gasteiger charge is 2.37. The molecule has 1 rings (SSSR count). The van der Waals surface area contributed by atoms with E-state index in [2.05, 4.69) is 16.6 Å². The maximum atomic E-state index is 13.9. The summed E-state index contributed by atoms with van der Waals surface area (Å²) in [6, 6.07) is 6.53. The van der Waals surface area contributed by atoms with Crippen molar-refractivity contribution in [1.82, 2.24) is 15.5 Å². The van der Waals surface area contributed by atoms with Crippen molar-refractivity contribution in [2.45, 2.75) is 91.5 Å². The number of hydrogen-bond donors (Lipinski definition) is 2. The minimum Gasteiger partial charge on any atom is -0.444 e. The van der Waals surface area contributed by atoms with Gasteiger partial charge in [0.1, 0.15) is 24.2 Å². The Morgan fingerprint density at radius 1 is 1.14 bits per heavy atom. The Morgan fingerprint density at radius 3 is 2.31 bits per heavy atom. The van der Waals surface area contributed by atoms with Gasteiger partial charge in [-0.25, -0.2) is 4.79 Å². The number of rotatable bonds is 11. The van der Waals surface area contributed by atoms with E-state index in [1.807, 2.05) is 33.8 Å². The van der Waals surface area contributed by atoms with E-state index in [-0.39, 0.29) is 24.9 Å². The van der Waals surface area contributed by atoms with Crippen LogP contribution in [-0.4, -0.2) is 47.0 Å². The zero-order valence-electron chi connectivity index (χ0n) is 22.6. The Labute approximate surface area is 215 Å². The first-order valence-electron chi connectivity index (χ1n) is 12.4. The maximum Gasteiger partial charge on any atom is 0.408 e. The number of alkyl carbamates (subject to hydrolysis) is 1. The van der Waals surface area contributed by atoms with Crippen molar-refractivity contribution in [1.29, 1.82) is 5.26 Å². The van der Waals surface area contributed by atoms with E-state index in [1.54, 1.807) is 45.0 Å². The number of amides is 3. The second kappa shape index (κ2) is 14.1. The SMILES string of the molecule is C#Cc1ccccc1C(C(=O)NC(C)CCC)N(CC#N)C(=O)C(CC(C)C)NC(=O)OC(C)(C)C. The Morgan fingerprint density at radius 2 is 1.78 bits per heavy atom. The van der Waals surface area contributed by atoms with E-state index in [4.69, 9.17) is 11.2 Å². The molecule has 8 heteroatoms. The number of ether oxygens (including phenoxy) is 1. The summed E-state index contributed by atoms with van der Waals surface area (Å²) in [7, 11) is 0. The zero-order chi connectivity index (χ0) is 27.5. The van der Waals surface area contributed by atoms with Gasteiger partial charge in [0.25, 0.3) is 0 Å². The van der Waals surface area contributed by atoms with Crippen molar-refractivity contribution in [3.8, 4) is 18.4 Å². The van der Waals surface area contributed by atoms with Crippen LogP contribution in [0.5, 0.6) is 0 Å². The monoisotopic (exact) mass is 496 g/mol. The van der Waals surface area contributed by atoms with Crippen molar-refractivity contribution in [2.75, 3.05) is 6.54 Å². The van der Waals surface area contributed by atoms with E-state index in [0.29, 0.717) is 11.1 Å². The van der Waals surface area contributed by atoms with Crippen molar-refractivity contribution in [2.24, 2.45) is 5.92 Å². The molecule has 0 spiro atoms. The van der Waals surface area contributed by atoms with Gasteiger partial charge in [-0.1, -0.05) is 51.3 Å². The molecule has 0 fully saturated rings. The summed E-state index contributed by atoms with van der Waals surface area (Å²) in [6.45, 7) is 12.5. The summed E-state index contributed by atoms with van der Waals surface area (Å²) >= 11 is 0. The van der Waals surface area contributed by atoms with Crippen LogP contribution in [-0.2, 0) is 14.3 Å². The lowest BCUT2D eigenvalue weighted by molar-refractivity contribution is -0.142. The van der Waals surface area contributed by atoms with Gasteiger partial charge in [0.2, 0.25) is 11.8 Å². The fourth-order valence-electron chi connectivity index (χ4n) is 3.86. The van der Waals surface area contributed by atoms with Crippen LogP contribution in [0, 0.1) is 29.6 Å². The Kier molecular flexibility index (Phi) is 12.0. The highest BCUT2D eigenvalue weighted by molar-refractivity contribution is 5.92. The molecule has 2 N–H and O–H groups in total. The fourth-order valence-corrected chi connectivity index (χ4v) is 3.86. The molecule has 0 saturated carbocycles. The summed E-state index contributed by atoms with van der Waals surface area (Å²) in [4.78, 5) is 41.2. The molecule has 0 heterocycles. The summed E-state index contributed by atoms with van der Waals surface area (Å²) in [5.41, 5.74) is 0.119. The quantitative estimate of drug-likeness (QED) is 0.350. The van der Waals surface area contributed by atoms with E-state index < -0.39 is 35.6 Å². The molecule has 0 saturated heterocycles. The minimum absolute atomic E-state index is 0.0349. The standard InChI is InChI=1S/C28H40N4O4/c1-9-13-20(5)30-25(33)24(22-15-12-11-14-21(22)10-2)32(17-16-29)26(34)23(18-19(3)4)31-27(35)36-28(6,7)8/h2,11-12,14-15,19-20,23-24H,9,13,17-18H2,1,3-8H3,(H,30,33)(H,31,35). The molecule has 0 aliphatic rings. The predicted molar refractivity (Wildman–Crippen MR) is 140 cm³/mol. The van der Waals surface area contributed by atoms with Crippen LogP contribution in [0.25, 0.3) is 0 Å². The van der Waals surface area contributed by atoms with E-state index in [9.17, 15) is 19.6 Å². The first-order valence-corrected chi connectivity index (χ1v) is 12.4. The zero-order valence-corrected chi connectivity index (χ0v) is 22.6. The Hall–Kier alpha value is -3.52. The number of hydrogen-bond acceptors (Lipinski definition) is 5. The van der Waals surface area contributed by atoms with Crippen LogP contribution in [0.3, 0.4) is 0 Å². The van der Waals surface area contributed by atoms with Gasteiger partial charge in [0.05, 0.1) is 6.07 Å². The van der Waals surface area contributed by atoms with Crippen molar-refractivity contribution >= 4 is 17.9 Å². The molecular weight excluding hydrogens is 456 g/mol. The Balaban J connectivity index is 3.53. The van der Waals surface area contributed by atoms with Gasteiger partial charge in [-0.15, -0.1) is 6.42 Å². The molecule has 1 aromatic carbocycles. The summed E-state index contributed by atoms with van der Waals surface area (Å²) in [5, 5.41) is 15.2. The van der Waals surface area contributed by atoms with Gasteiger partial charge in [-0.2, -0.15) is 5.26 Å². The molecule has 0 aliphatic carbocycles. The lowest BCUT2D eigenvalue weighted by Gasteiger charge is -2.34. The first-order chi connectivity index (χ1) is 16.8. The molecule has 3 unspecified atom stereocenters. The van der Waals surface area contributed by atoms with Gasteiger partial charge in [0.15, 0.2) is 0 Å². The molecule has 3 atom stereocenters. The third-order valence-corrected chi connectivity index (χ3v) is 5.30. The number of nitrogens with one attached hydrogen (secondary N) is 2. The third kappa shape index (κ3) is 9.62. The fraction of sp³-hybridized carbons (Fsp3) is 0.571. The van der Waals surface area contributed by atoms with Crippen LogP contribution in [0.2, 0.25) is 0 Å². The highest BCUT2D eigenvalue weighted by Crippen LogP contribution is 2.26. The second-order valence-corrected chi connectivity index (χ2v) is 10.3. The highest BCUT2D eigenvalue weighted by atomic mass is 16.6. The van der Waals surface area contributed by atoms with Crippen LogP contribution in [0.4, 0.5) is 4.79 Å². The molecule has 0 bridgehead atoms. The molecule has 1 aromatic rings.